The van der Waals surface area contributed by atoms with Gasteiger partial charge in [0.05, 0.1) is 0 Å². The summed E-state index contributed by atoms with van der Waals surface area (Å²) in [5, 5.41) is 0. The van der Waals surface area contributed by atoms with Gasteiger partial charge in [-0.3, -0.25) is 0 Å². The first-order valence-corrected chi connectivity index (χ1v) is 6.32. The van der Waals surface area contributed by atoms with Crippen molar-refractivity contribution in [1.82, 2.24) is 0 Å². The molecule has 0 nitrogen and oxygen atoms in total. The highest BCUT2D eigenvalue weighted by Crippen LogP contribution is 2.44. The predicted molar refractivity (Wildman–Crippen MR) is 66.7 cm³/mol. The zero-order chi connectivity index (χ0) is 11.9. The van der Waals surface area contributed by atoms with Crippen LogP contribution in [0.15, 0.2) is 22.8 Å². The van der Waals surface area contributed by atoms with Gasteiger partial charge in [0.15, 0.2) is 0 Å². The molecule has 0 N–H and O–H groups in total. The molecule has 15 heavy (non-hydrogen) atoms. The summed E-state index contributed by atoms with van der Waals surface area (Å²) in [6.45, 7) is 8.98. The Labute approximate surface area is 95.9 Å². The van der Waals surface area contributed by atoms with Gasteiger partial charge < -0.3 is 0 Å². The van der Waals surface area contributed by atoms with Crippen LogP contribution < -0.4 is 0 Å². The average Bonchev–Trinajstić information content (AvgIpc) is 2.15. The van der Waals surface area contributed by atoms with Crippen molar-refractivity contribution in [1.29, 1.82) is 0 Å². The zero-order valence-corrected chi connectivity index (χ0v) is 10.6. The lowest BCUT2D eigenvalue weighted by atomic mass is 9.67. The Morgan fingerprint density at radius 3 is 2.67 bits per heavy atom. The van der Waals surface area contributed by atoms with Gasteiger partial charge in [-0.15, -0.1) is 0 Å². The van der Waals surface area contributed by atoms with Crippen LogP contribution in [0.1, 0.15) is 54.7 Å². The average molecular weight is 205 g/mol. The van der Waals surface area contributed by atoms with Gasteiger partial charge in [-0.05, 0) is 51.4 Å². The van der Waals surface area contributed by atoms with E-state index in [-0.39, 0.29) is 5.89 Å². The number of rotatable bonds is 1. The van der Waals surface area contributed by atoms with Gasteiger partial charge in [0.2, 0.25) is 0 Å². The van der Waals surface area contributed by atoms with E-state index in [0.29, 0.717) is 11.8 Å². The molecule has 2 aliphatic carbocycles. The minimum Gasteiger partial charge on any atom is -0.0781 e. The highest BCUT2D eigenvalue weighted by atomic mass is 14.4. The molecular weight excluding hydrogens is 180 g/mol. The molecule has 0 aromatic rings. The number of fused-ring (bicyclic) bond motifs is 1. The molecule has 0 fully saturated rings. The van der Waals surface area contributed by atoms with Crippen LogP contribution in [0, 0.1) is 17.7 Å². The lowest BCUT2D eigenvalue weighted by Gasteiger charge is -2.38. The molecule has 0 unspecified atom stereocenters. The second kappa shape index (κ2) is 4.15. The molecule has 0 saturated carbocycles. The molecule has 2 aliphatic rings. The molecule has 2 rings (SSSR count). The maximum absolute atomic E-state index is 8.89. The van der Waals surface area contributed by atoms with Crippen LogP contribution in [-0.2, 0) is 0 Å². The smallest absolute Gasteiger partial charge is 0.0395 e. The van der Waals surface area contributed by atoms with E-state index in [4.69, 9.17) is 1.37 Å². The molecule has 0 aromatic heterocycles. The van der Waals surface area contributed by atoms with Gasteiger partial charge in [0.1, 0.15) is 0 Å². The first-order chi connectivity index (χ1) is 7.45. The largest absolute Gasteiger partial charge is 0.0781 e. The van der Waals surface area contributed by atoms with Crippen LogP contribution in [0.25, 0.3) is 0 Å². The first-order valence-electron chi connectivity index (χ1n) is 6.82. The molecule has 0 aliphatic heterocycles. The fourth-order valence-electron chi connectivity index (χ4n) is 3.05. The molecule has 0 heterocycles. The first kappa shape index (κ1) is 9.69. The van der Waals surface area contributed by atoms with E-state index in [1.54, 1.807) is 0 Å². The van der Waals surface area contributed by atoms with E-state index >= 15 is 0 Å². The van der Waals surface area contributed by atoms with Crippen LogP contribution in [0.5, 0.6) is 0 Å². The van der Waals surface area contributed by atoms with E-state index in [1.807, 2.05) is 0 Å². The van der Waals surface area contributed by atoms with Gasteiger partial charge in [-0.1, -0.05) is 36.6 Å². The van der Waals surface area contributed by atoms with E-state index in [1.165, 1.54) is 29.6 Å². The van der Waals surface area contributed by atoms with Crippen molar-refractivity contribution in [3.63, 3.8) is 0 Å². The summed E-state index contributed by atoms with van der Waals surface area (Å²) in [5.41, 5.74) is 4.35. The quantitative estimate of drug-likeness (QED) is 0.543. The maximum atomic E-state index is 8.89. The lowest BCUT2D eigenvalue weighted by Crippen LogP contribution is -2.27. The second-order valence-electron chi connectivity index (χ2n) is 5.59. The standard InChI is InChI=1S/C15H24/c1-10(2)13-8-6-12(4)14-7-5-11(3)9-15(13)14/h9-10,13,15H,5-8H2,1-4H3/t13-,15-/m0/s1/i15D. The molecule has 0 saturated heterocycles. The van der Waals surface area contributed by atoms with E-state index in [9.17, 15) is 0 Å². The monoisotopic (exact) mass is 205 g/mol. The van der Waals surface area contributed by atoms with Crippen molar-refractivity contribution in [3.8, 4) is 0 Å². The Morgan fingerprint density at radius 1 is 1.27 bits per heavy atom. The predicted octanol–water partition coefficient (Wildman–Crippen LogP) is 4.73. The molecule has 0 heteroatoms. The highest BCUT2D eigenvalue weighted by molar-refractivity contribution is 5.30. The van der Waals surface area contributed by atoms with Crippen LogP contribution in [0.2, 0.25) is 0 Å². The Morgan fingerprint density at radius 2 is 2.00 bits per heavy atom. The fourth-order valence-corrected chi connectivity index (χ4v) is 3.05. The van der Waals surface area contributed by atoms with E-state index in [0.717, 1.165) is 12.8 Å². The molecule has 0 bridgehead atoms. The number of hydrogen-bond acceptors (Lipinski definition) is 0. The number of allylic oxidation sites excluding steroid dienone is 4. The van der Waals surface area contributed by atoms with Gasteiger partial charge in [-0.2, -0.15) is 0 Å². The van der Waals surface area contributed by atoms with Gasteiger partial charge in [-0.25, -0.2) is 0 Å². The molecule has 0 spiro atoms. The minimum absolute atomic E-state index is 0.376. The summed E-state index contributed by atoms with van der Waals surface area (Å²) in [7, 11) is 0. The summed E-state index contributed by atoms with van der Waals surface area (Å²) in [4.78, 5) is 0. The summed E-state index contributed by atoms with van der Waals surface area (Å²) in [6.07, 6.45) is 6.95. The summed E-state index contributed by atoms with van der Waals surface area (Å²) >= 11 is 0. The van der Waals surface area contributed by atoms with Crippen molar-refractivity contribution >= 4 is 0 Å². The number of hydrogen-bond donors (Lipinski definition) is 0. The molecule has 0 amide bonds. The summed E-state index contributed by atoms with van der Waals surface area (Å²) in [5.74, 6) is 0.753. The Hall–Kier alpha value is -0.520. The van der Waals surface area contributed by atoms with Gasteiger partial charge >= 0.3 is 0 Å². The molecule has 84 valence electrons. The van der Waals surface area contributed by atoms with Gasteiger partial charge in [0, 0.05) is 7.26 Å². The molecule has 2 atom stereocenters. The van der Waals surface area contributed by atoms with Crippen LogP contribution >= 0.6 is 0 Å². The van der Waals surface area contributed by atoms with Gasteiger partial charge in [0.25, 0.3) is 0 Å². The van der Waals surface area contributed by atoms with Crippen molar-refractivity contribution in [2.75, 3.05) is 0 Å². The van der Waals surface area contributed by atoms with Crippen molar-refractivity contribution < 1.29 is 1.37 Å². The maximum Gasteiger partial charge on any atom is 0.0395 e. The Kier molecular flexibility index (Phi) is 2.68. The highest BCUT2D eigenvalue weighted by Gasteiger charge is 2.32. The van der Waals surface area contributed by atoms with E-state index in [2.05, 4.69) is 33.8 Å². The van der Waals surface area contributed by atoms with Crippen LogP contribution in [0.4, 0.5) is 0 Å². The molecule has 0 radical (unpaired) electrons. The fraction of sp³-hybridized carbons (Fsp3) is 0.733. The summed E-state index contributed by atoms with van der Waals surface area (Å²) < 4.78 is 8.89. The third-order valence-electron chi connectivity index (χ3n) is 4.07. The lowest BCUT2D eigenvalue weighted by molar-refractivity contribution is 0.277. The second-order valence-corrected chi connectivity index (χ2v) is 5.59. The van der Waals surface area contributed by atoms with E-state index < -0.39 is 0 Å². The Balaban J connectivity index is 2.48. The van der Waals surface area contributed by atoms with Crippen LogP contribution in [0.3, 0.4) is 0 Å². The normalized spacial score (nSPS) is 37.5. The van der Waals surface area contributed by atoms with Crippen molar-refractivity contribution in [2.45, 2.75) is 53.4 Å². The molecule has 0 aromatic carbocycles. The third kappa shape index (κ3) is 2.04. The van der Waals surface area contributed by atoms with Crippen LogP contribution in [-0.4, -0.2) is 0 Å². The minimum atomic E-state index is -0.376. The van der Waals surface area contributed by atoms with Crippen molar-refractivity contribution in [2.24, 2.45) is 17.7 Å². The topological polar surface area (TPSA) is 0 Å². The zero-order valence-electron chi connectivity index (χ0n) is 11.6. The Bertz CT molecular complexity index is 348. The van der Waals surface area contributed by atoms with Crippen molar-refractivity contribution in [3.05, 3.63) is 22.8 Å². The molecular formula is C15H24. The summed E-state index contributed by atoms with van der Waals surface area (Å²) in [6, 6.07) is 0. The SMILES string of the molecule is [2H][C@@]12C=C(C)CCC1=C(C)CC[C@H]2C(C)C. The third-order valence-corrected chi connectivity index (χ3v) is 4.07.